The first-order valence-corrected chi connectivity index (χ1v) is 7.72. The van der Waals surface area contributed by atoms with Gasteiger partial charge in [0.05, 0.1) is 12.8 Å². The van der Waals surface area contributed by atoms with Crippen LogP contribution in [0.25, 0.3) is 0 Å². The summed E-state index contributed by atoms with van der Waals surface area (Å²) in [6.07, 6.45) is 1.32. The van der Waals surface area contributed by atoms with Crippen LogP contribution in [0.15, 0.2) is 60.3 Å². The molecule has 0 aliphatic rings. The average molecular weight is 350 g/mol. The van der Waals surface area contributed by atoms with Crippen LogP contribution in [0.2, 0.25) is 0 Å². The van der Waals surface area contributed by atoms with E-state index in [1.54, 1.807) is 48.5 Å². The molecule has 0 saturated carbocycles. The number of hydrogen-bond acceptors (Lipinski definition) is 5. The van der Waals surface area contributed by atoms with Gasteiger partial charge in [-0.15, -0.1) is 0 Å². The molecule has 2 amide bonds. The number of methoxy groups -OCH3 is 1. The zero-order valence-electron chi connectivity index (χ0n) is 14.4. The summed E-state index contributed by atoms with van der Waals surface area (Å²) in [7, 11) is 1.50. The number of hydrogen-bond donors (Lipinski definition) is 3. The van der Waals surface area contributed by atoms with E-state index in [1.807, 2.05) is 6.07 Å². The highest BCUT2D eigenvalue weighted by molar-refractivity contribution is 6.07. The van der Waals surface area contributed by atoms with E-state index in [-0.39, 0.29) is 11.5 Å². The maximum atomic E-state index is 12.3. The van der Waals surface area contributed by atoms with Crippen molar-refractivity contribution in [2.24, 2.45) is 0 Å². The number of ether oxygens (including phenoxy) is 1. The molecule has 3 N–H and O–H groups in total. The molecule has 0 aliphatic carbocycles. The molecule has 0 heterocycles. The lowest BCUT2D eigenvalue weighted by Crippen LogP contribution is -2.15. The van der Waals surface area contributed by atoms with E-state index in [1.165, 1.54) is 20.2 Å². The Balaban J connectivity index is 2.06. The number of anilines is 3. The number of carbonyl (C=O) groups excluding carboxylic acids is 2. The van der Waals surface area contributed by atoms with Crippen molar-refractivity contribution < 1.29 is 14.3 Å². The first-order valence-electron chi connectivity index (χ1n) is 7.72. The Hall–Kier alpha value is -3.79. The number of rotatable bonds is 6. The maximum Gasteiger partial charge on any atom is 0.267 e. The molecule has 132 valence electrons. The van der Waals surface area contributed by atoms with Crippen LogP contribution in [0.1, 0.15) is 6.92 Å². The van der Waals surface area contributed by atoms with Crippen molar-refractivity contribution in [2.75, 3.05) is 23.1 Å². The Kier molecular flexibility index (Phi) is 6.34. The molecule has 0 bridgehead atoms. The van der Waals surface area contributed by atoms with Crippen LogP contribution in [0.4, 0.5) is 17.1 Å². The Bertz CT molecular complexity index is 867. The third-order valence-electron chi connectivity index (χ3n) is 3.31. The first kappa shape index (κ1) is 18.5. The van der Waals surface area contributed by atoms with E-state index in [9.17, 15) is 14.9 Å². The van der Waals surface area contributed by atoms with Crippen LogP contribution in [0, 0.1) is 11.3 Å². The normalized spacial score (nSPS) is 10.4. The molecule has 0 fully saturated rings. The van der Waals surface area contributed by atoms with E-state index in [2.05, 4.69) is 16.0 Å². The fourth-order valence-electron chi connectivity index (χ4n) is 2.09. The number of nitrogens with one attached hydrogen (secondary N) is 3. The number of benzene rings is 2. The topological polar surface area (TPSA) is 103 Å². The second kappa shape index (κ2) is 8.89. The summed E-state index contributed by atoms with van der Waals surface area (Å²) in [5.74, 6) is -0.218. The van der Waals surface area contributed by atoms with Crippen LogP contribution in [-0.2, 0) is 9.59 Å². The molecule has 0 aliphatic heterocycles. The van der Waals surface area contributed by atoms with Gasteiger partial charge < -0.3 is 20.7 Å². The third kappa shape index (κ3) is 5.11. The minimum Gasteiger partial charge on any atom is -0.495 e. The lowest BCUT2D eigenvalue weighted by Gasteiger charge is -2.09. The monoisotopic (exact) mass is 350 g/mol. The van der Waals surface area contributed by atoms with Gasteiger partial charge in [0, 0.05) is 24.5 Å². The predicted molar refractivity (Wildman–Crippen MR) is 99.7 cm³/mol. The molecule has 0 spiro atoms. The molecule has 7 heteroatoms. The zero-order valence-corrected chi connectivity index (χ0v) is 14.4. The highest BCUT2D eigenvalue weighted by atomic mass is 16.5. The summed E-state index contributed by atoms with van der Waals surface area (Å²) in [5, 5.41) is 17.4. The van der Waals surface area contributed by atoms with Crippen LogP contribution >= 0.6 is 0 Å². The van der Waals surface area contributed by atoms with Crippen molar-refractivity contribution in [1.82, 2.24) is 0 Å². The van der Waals surface area contributed by atoms with Gasteiger partial charge in [-0.3, -0.25) is 9.59 Å². The summed E-state index contributed by atoms with van der Waals surface area (Å²) in [5.41, 5.74) is 1.70. The summed E-state index contributed by atoms with van der Waals surface area (Å²) in [4.78, 5) is 23.3. The number of carbonyl (C=O) groups is 2. The first-order chi connectivity index (χ1) is 12.5. The van der Waals surface area contributed by atoms with Gasteiger partial charge in [-0.2, -0.15) is 5.26 Å². The molecular formula is C19H18N4O3. The van der Waals surface area contributed by atoms with Crippen LogP contribution < -0.4 is 20.7 Å². The van der Waals surface area contributed by atoms with Crippen LogP contribution in [-0.4, -0.2) is 18.9 Å². The van der Waals surface area contributed by atoms with Gasteiger partial charge >= 0.3 is 0 Å². The van der Waals surface area contributed by atoms with Crippen LogP contribution in [0.5, 0.6) is 5.75 Å². The smallest absolute Gasteiger partial charge is 0.267 e. The van der Waals surface area contributed by atoms with E-state index in [0.717, 1.165) is 0 Å². The second-order valence-corrected chi connectivity index (χ2v) is 5.23. The summed E-state index contributed by atoms with van der Waals surface area (Å²) >= 11 is 0. The molecule has 0 unspecified atom stereocenters. The van der Waals surface area contributed by atoms with Crippen LogP contribution in [0.3, 0.4) is 0 Å². The Morgan fingerprint density at radius 2 is 1.69 bits per heavy atom. The van der Waals surface area contributed by atoms with Crippen molar-refractivity contribution in [3.05, 3.63) is 60.3 Å². The lowest BCUT2D eigenvalue weighted by atomic mass is 10.2. The highest BCUT2D eigenvalue weighted by Crippen LogP contribution is 2.23. The fourth-order valence-corrected chi connectivity index (χ4v) is 2.09. The average Bonchev–Trinajstić information content (AvgIpc) is 2.63. The number of nitriles is 1. The van der Waals surface area contributed by atoms with Gasteiger partial charge in [-0.05, 0) is 36.4 Å². The minimum absolute atomic E-state index is 0.0955. The maximum absolute atomic E-state index is 12.3. The van der Waals surface area contributed by atoms with E-state index >= 15 is 0 Å². The van der Waals surface area contributed by atoms with E-state index in [0.29, 0.717) is 22.8 Å². The molecule has 0 atom stereocenters. The van der Waals surface area contributed by atoms with Gasteiger partial charge in [0.25, 0.3) is 5.91 Å². The Morgan fingerprint density at radius 1 is 1.04 bits per heavy atom. The molecule has 2 aromatic carbocycles. The fraction of sp³-hybridized carbons (Fsp3) is 0.105. The number of amides is 2. The van der Waals surface area contributed by atoms with Crippen molar-refractivity contribution in [1.29, 1.82) is 5.26 Å². The van der Waals surface area contributed by atoms with Gasteiger partial charge in [0.2, 0.25) is 5.91 Å². The Morgan fingerprint density at radius 3 is 2.31 bits per heavy atom. The van der Waals surface area contributed by atoms with Crippen molar-refractivity contribution in [3.8, 4) is 11.8 Å². The van der Waals surface area contributed by atoms with Gasteiger partial charge in [-0.1, -0.05) is 12.1 Å². The molecule has 7 nitrogen and oxygen atoms in total. The highest BCUT2D eigenvalue weighted by Gasteiger charge is 2.11. The predicted octanol–water partition coefficient (Wildman–Crippen LogP) is 3.11. The van der Waals surface area contributed by atoms with Crippen molar-refractivity contribution in [3.63, 3.8) is 0 Å². The lowest BCUT2D eigenvalue weighted by molar-refractivity contribution is -0.114. The SMILES string of the molecule is COc1ccccc1NC(=O)/C(C#N)=C\Nc1ccc(NC(C)=O)cc1. The number of nitrogens with zero attached hydrogens (tertiary/aromatic N) is 1. The second-order valence-electron chi connectivity index (χ2n) is 5.23. The quantitative estimate of drug-likeness (QED) is 0.549. The minimum atomic E-state index is -0.556. The van der Waals surface area contributed by atoms with Gasteiger partial charge in [0.15, 0.2) is 0 Å². The van der Waals surface area contributed by atoms with Gasteiger partial charge in [0.1, 0.15) is 17.4 Å². The summed E-state index contributed by atoms with van der Waals surface area (Å²) in [6.45, 7) is 1.43. The standard InChI is InChI=1S/C19H18N4O3/c1-13(24)22-16-9-7-15(8-10-16)21-12-14(11-20)19(25)23-17-5-3-4-6-18(17)26-2/h3-10,12,21H,1-2H3,(H,22,24)(H,23,25)/b14-12-. The summed E-state index contributed by atoms with van der Waals surface area (Å²) in [6, 6.07) is 15.6. The molecule has 26 heavy (non-hydrogen) atoms. The molecular weight excluding hydrogens is 332 g/mol. The van der Waals surface area contributed by atoms with Crippen molar-refractivity contribution in [2.45, 2.75) is 6.92 Å². The zero-order chi connectivity index (χ0) is 18.9. The summed E-state index contributed by atoms with van der Waals surface area (Å²) < 4.78 is 5.16. The third-order valence-corrected chi connectivity index (χ3v) is 3.31. The van der Waals surface area contributed by atoms with E-state index in [4.69, 9.17) is 4.74 Å². The number of para-hydroxylation sites is 2. The Labute approximate surface area is 151 Å². The molecule has 0 saturated heterocycles. The van der Waals surface area contributed by atoms with Gasteiger partial charge in [-0.25, -0.2) is 0 Å². The molecule has 0 aromatic heterocycles. The van der Waals surface area contributed by atoms with Crippen molar-refractivity contribution >= 4 is 28.9 Å². The largest absolute Gasteiger partial charge is 0.495 e. The molecule has 2 rings (SSSR count). The molecule has 2 aromatic rings. The molecule has 0 radical (unpaired) electrons. The van der Waals surface area contributed by atoms with E-state index < -0.39 is 5.91 Å².